The Hall–Kier alpha value is -2.22. The average Bonchev–Trinajstić information content (AvgIpc) is 3.30. The van der Waals surface area contributed by atoms with Gasteiger partial charge in [0.1, 0.15) is 6.10 Å². The van der Waals surface area contributed by atoms with E-state index in [0.29, 0.717) is 12.6 Å². The molecule has 0 radical (unpaired) electrons. The van der Waals surface area contributed by atoms with Gasteiger partial charge in [-0.05, 0) is 61.7 Å². The first kappa shape index (κ1) is 19.7. The SMILES string of the molecule is Cc1ccc2c(c1)c1c(n2CC(OS(C)(=O)=O)c2ccncc2)CCN2CCCC12. The summed E-state index contributed by atoms with van der Waals surface area (Å²) in [4.78, 5) is 6.67. The van der Waals surface area contributed by atoms with Crippen molar-refractivity contribution in [3.63, 3.8) is 0 Å². The van der Waals surface area contributed by atoms with Crippen LogP contribution in [0.2, 0.25) is 0 Å². The largest absolute Gasteiger partial charge is 0.341 e. The highest BCUT2D eigenvalue weighted by Gasteiger charge is 2.36. The molecule has 4 heterocycles. The number of rotatable bonds is 5. The minimum Gasteiger partial charge on any atom is -0.341 e. The maximum absolute atomic E-state index is 12.0. The Morgan fingerprint density at radius 3 is 2.77 bits per heavy atom. The average molecular weight is 426 g/mol. The third-order valence-electron chi connectivity index (χ3n) is 6.42. The van der Waals surface area contributed by atoms with Gasteiger partial charge in [0, 0.05) is 48.0 Å². The number of aryl methyl sites for hydroxylation is 1. The summed E-state index contributed by atoms with van der Waals surface area (Å²) in [5, 5.41) is 1.30. The van der Waals surface area contributed by atoms with Crippen molar-refractivity contribution in [2.45, 2.75) is 44.9 Å². The summed E-state index contributed by atoms with van der Waals surface area (Å²) < 4.78 is 31.9. The molecule has 2 aliphatic heterocycles. The van der Waals surface area contributed by atoms with Gasteiger partial charge in [-0.2, -0.15) is 8.42 Å². The third-order valence-corrected chi connectivity index (χ3v) is 7.00. The van der Waals surface area contributed by atoms with E-state index in [0.717, 1.165) is 30.3 Å². The van der Waals surface area contributed by atoms with Crippen molar-refractivity contribution in [1.82, 2.24) is 14.5 Å². The normalized spacial score (nSPS) is 20.3. The lowest BCUT2D eigenvalue weighted by Gasteiger charge is -2.31. The second-order valence-electron chi connectivity index (χ2n) is 8.51. The van der Waals surface area contributed by atoms with Crippen LogP contribution in [-0.2, 0) is 27.3 Å². The molecule has 0 N–H and O–H groups in total. The highest BCUT2D eigenvalue weighted by molar-refractivity contribution is 7.86. The molecule has 2 aliphatic rings. The standard InChI is InChI=1S/C23H27N3O3S/c1-16-5-6-19-18(14-16)23-20-4-3-12-25(20)13-9-21(23)26(19)15-22(29-30(2,27)28)17-7-10-24-11-8-17/h5-8,10-11,14,20,22H,3-4,9,12-13,15H2,1-2H3. The van der Waals surface area contributed by atoms with E-state index in [4.69, 9.17) is 4.18 Å². The number of hydrogen-bond acceptors (Lipinski definition) is 5. The first-order chi connectivity index (χ1) is 14.4. The highest BCUT2D eigenvalue weighted by Crippen LogP contribution is 2.43. The molecule has 0 amide bonds. The fourth-order valence-electron chi connectivity index (χ4n) is 5.21. The van der Waals surface area contributed by atoms with Crippen LogP contribution in [0.3, 0.4) is 0 Å². The number of benzene rings is 1. The minimum absolute atomic E-state index is 0.457. The Morgan fingerprint density at radius 1 is 1.20 bits per heavy atom. The van der Waals surface area contributed by atoms with Crippen LogP contribution in [0, 0.1) is 6.92 Å². The fraction of sp³-hybridized carbons (Fsp3) is 0.435. The third kappa shape index (κ3) is 3.55. The molecule has 1 aromatic carbocycles. The lowest BCUT2D eigenvalue weighted by molar-refractivity contribution is 0.190. The number of pyridine rings is 1. The molecule has 3 aromatic rings. The van der Waals surface area contributed by atoms with Crippen molar-refractivity contribution in [3.05, 3.63) is 65.1 Å². The lowest BCUT2D eigenvalue weighted by Crippen LogP contribution is -2.31. The van der Waals surface area contributed by atoms with Gasteiger partial charge in [-0.3, -0.25) is 14.1 Å². The second-order valence-corrected chi connectivity index (χ2v) is 10.1. The van der Waals surface area contributed by atoms with Gasteiger partial charge in [0.2, 0.25) is 0 Å². The molecule has 0 saturated carbocycles. The summed E-state index contributed by atoms with van der Waals surface area (Å²) in [5.74, 6) is 0. The van der Waals surface area contributed by atoms with Gasteiger partial charge in [-0.15, -0.1) is 0 Å². The predicted octanol–water partition coefficient (Wildman–Crippen LogP) is 3.76. The molecule has 0 spiro atoms. The maximum atomic E-state index is 12.0. The van der Waals surface area contributed by atoms with Crippen LogP contribution in [0.1, 0.15) is 47.4 Å². The molecular weight excluding hydrogens is 398 g/mol. The van der Waals surface area contributed by atoms with Crippen molar-refractivity contribution in [2.75, 3.05) is 19.3 Å². The molecule has 1 saturated heterocycles. The molecule has 2 aromatic heterocycles. The Bertz CT molecular complexity index is 1190. The molecule has 158 valence electrons. The van der Waals surface area contributed by atoms with Crippen LogP contribution < -0.4 is 0 Å². The Morgan fingerprint density at radius 2 is 2.00 bits per heavy atom. The van der Waals surface area contributed by atoms with Crippen molar-refractivity contribution in [3.8, 4) is 0 Å². The van der Waals surface area contributed by atoms with E-state index >= 15 is 0 Å². The number of nitrogens with zero attached hydrogens (tertiary/aromatic N) is 3. The Balaban J connectivity index is 1.65. The van der Waals surface area contributed by atoms with Gasteiger partial charge < -0.3 is 4.57 Å². The van der Waals surface area contributed by atoms with Gasteiger partial charge in [0.15, 0.2) is 0 Å². The quantitative estimate of drug-likeness (QED) is 0.583. The zero-order valence-electron chi connectivity index (χ0n) is 17.4. The number of fused-ring (bicyclic) bond motifs is 5. The van der Waals surface area contributed by atoms with E-state index in [1.165, 1.54) is 41.6 Å². The lowest BCUT2D eigenvalue weighted by atomic mass is 9.95. The molecule has 6 nitrogen and oxygen atoms in total. The summed E-state index contributed by atoms with van der Waals surface area (Å²) in [6.45, 7) is 4.81. The van der Waals surface area contributed by atoms with Crippen molar-refractivity contribution in [1.29, 1.82) is 0 Å². The van der Waals surface area contributed by atoms with Crippen LogP contribution in [0.4, 0.5) is 0 Å². The first-order valence-electron chi connectivity index (χ1n) is 10.5. The van der Waals surface area contributed by atoms with E-state index in [1.54, 1.807) is 12.4 Å². The summed E-state index contributed by atoms with van der Waals surface area (Å²) in [6, 6.07) is 10.7. The zero-order chi connectivity index (χ0) is 20.9. The van der Waals surface area contributed by atoms with Gasteiger partial charge >= 0.3 is 0 Å². The number of hydrogen-bond donors (Lipinski definition) is 0. The molecule has 2 unspecified atom stereocenters. The van der Waals surface area contributed by atoms with E-state index < -0.39 is 16.2 Å². The Kier molecular flexibility index (Phi) is 4.92. The minimum atomic E-state index is -3.61. The van der Waals surface area contributed by atoms with E-state index in [9.17, 15) is 8.42 Å². The van der Waals surface area contributed by atoms with Crippen LogP contribution in [0.25, 0.3) is 10.9 Å². The van der Waals surface area contributed by atoms with E-state index in [-0.39, 0.29) is 0 Å². The molecule has 0 aliphatic carbocycles. The summed E-state index contributed by atoms with van der Waals surface area (Å²) >= 11 is 0. The van der Waals surface area contributed by atoms with E-state index in [1.807, 2.05) is 12.1 Å². The molecule has 2 atom stereocenters. The fourth-order valence-corrected chi connectivity index (χ4v) is 5.81. The molecule has 5 rings (SSSR count). The molecule has 7 heteroatoms. The molecule has 30 heavy (non-hydrogen) atoms. The van der Waals surface area contributed by atoms with Crippen LogP contribution in [0.5, 0.6) is 0 Å². The topological polar surface area (TPSA) is 64.4 Å². The smallest absolute Gasteiger partial charge is 0.265 e. The number of aromatic nitrogens is 2. The van der Waals surface area contributed by atoms with Crippen LogP contribution in [0.15, 0.2) is 42.7 Å². The first-order valence-corrected chi connectivity index (χ1v) is 12.4. The van der Waals surface area contributed by atoms with Crippen molar-refractivity contribution in [2.24, 2.45) is 0 Å². The monoisotopic (exact) mass is 425 g/mol. The summed E-state index contributed by atoms with van der Waals surface area (Å²) in [6.07, 6.45) is 7.28. The van der Waals surface area contributed by atoms with Crippen LogP contribution in [-0.4, -0.2) is 42.2 Å². The van der Waals surface area contributed by atoms with Gasteiger partial charge in [0.05, 0.1) is 12.8 Å². The van der Waals surface area contributed by atoms with E-state index in [2.05, 4.69) is 39.6 Å². The summed E-state index contributed by atoms with van der Waals surface area (Å²) in [7, 11) is -3.61. The maximum Gasteiger partial charge on any atom is 0.265 e. The van der Waals surface area contributed by atoms with Crippen LogP contribution >= 0.6 is 0 Å². The molecule has 1 fully saturated rings. The van der Waals surface area contributed by atoms with Gasteiger partial charge in [-0.25, -0.2) is 0 Å². The molecule has 0 bridgehead atoms. The molecular formula is C23H27N3O3S. The zero-order valence-corrected chi connectivity index (χ0v) is 18.2. The predicted molar refractivity (Wildman–Crippen MR) is 117 cm³/mol. The summed E-state index contributed by atoms with van der Waals surface area (Å²) in [5.41, 5.74) is 5.99. The van der Waals surface area contributed by atoms with Crippen molar-refractivity contribution < 1.29 is 12.6 Å². The van der Waals surface area contributed by atoms with Gasteiger partial charge in [-0.1, -0.05) is 11.6 Å². The van der Waals surface area contributed by atoms with Gasteiger partial charge in [0.25, 0.3) is 10.1 Å². The van der Waals surface area contributed by atoms with Crippen molar-refractivity contribution >= 4 is 21.0 Å². The second kappa shape index (κ2) is 7.48. The Labute approximate surface area is 177 Å². The highest BCUT2D eigenvalue weighted by atomic mass is 32.2.